The van der Waals surface area contributed by atoms with Gasteiger partial charge in [0.15, 0.2) is 5.84 Å². The second kappa shape index (κ2) is 5.03. The van der Waals surface area contributed by atoms with Crippen LogP contribution in [0.15, 0.2) is 11.5 Å². The average Bonchev–Trinajstić information content (AvgIpc) is 3.04. The van der Waals surface area contributed by atoms with Crippen molar-refractivity contribution in [1.82, 2.24) is 20.5 Å². The van der Waals surface area contributed by atoms with Crippen LogP contribution in [-0.2, 0) is 11.2 Å². The number of amides is 1. The number of oxime groups is 1. The Bertz CT molecular complexity index is 437. The van der Waals surface area contributed by atoms with E-state index in [2.05, 4.69) is 25.7 Å². The van der Waals surface area contributed by atoms with E-state index in [0.717, 1.165) is 18.7 Å². The van der Waals surface area contributed by atoms with Crippen LogP contribution in [0, 0.1) is 5.41 Å². The molecule has 98 valence electrons. The van der Waals surface area contributed by atoms with Gasteiger partial charge in [0.05, 0.1) is 0 Å². The Kier molecular flexibility index (Phi) is 3.45. The number of aryl methyl sites for hydroxylation is 1. The Morgan fingerprint density at radius 1 is 1.67 bits per heavy atom. The molecular weight excluding hydrogens is 236 g/mol. The summed E-state index contributed by atoms with van der Waals surface area (Å²) in [5.41, 5.74) is 4.73. The monoisotopic (exact) mass is 252 g/mol. The van der Waals surface area contributed by atoms with E-state index in [1.54, 1.807) is 0 Å². The predicted molar refractivity (Wildman–Crippen MR) is 62.8 cm³/mol. The number of nitrogens with two attached hydrogens (primary N) is 1. The lowest BCUT2D eigenvalue weighted by atomic mass is 10.1. The molecule has 0 bridgehead atoms. The Morgan fingerprint density at radius 2 is 2.44 bits per heavy atom. The van der Waals surface area contributed by atoms with Crippen LogP contribution in [0.25, 0.3) is 0 Å². The van der Waals surface area contributed by atoms with Crippen LogP contribution < -0.4 is 11.1 Å². The molecule has 8 heteroatoms. The number of hydrogen-bond donors (Lipinski definition) is 4. The van der Waals surface area contributed by atoms with Gasteiger partial charge in [0.2, 0.25) is 5.91 Å². The molecule has 1 aliphatic rings. The first kappa shape index (κ1) is 12.3. The zero-order valence-corrected chi connectivity index (χ0v) is 9.89. The zero-order valence-electron chi connectivity index (χ0n) is 9.89. The first-order valence-electron chi connectivity index (χ1n) is 5.79. The number of rotatable bonds is 6. The van der Waals surface area contributed by atoms with E-state index in [-0.39, 0.29) is 11.7 Å². The maximum absolute atomic E-state index is 11.9. The highest BCUT2D eigenvalue weighted by Crippen LogP contribution is 2.45. The summed E-state index contributed by atoms with van der Waals surface area (Å²) >= 11 is 0. The summed E-state index contributed by atoms with van der Waals surface area (Å²) in [5, 5.41) is 20.8. The van der Waals surface area contributed by atoms with E-state index in [4.69, 9.17) is 10.9 Å². The molecule has 8 nitrogen and oxygen atoms in total. The Hall–Kier alpha value is -2.12. The molecule has 0 atom stereocenters. The average molecular weight is 252 g/mol. The van der Waals surface area contributed by atoms with E-state index in [0.29, 0.717) is 19.4 Å². The summed E-state index contributed by atoms with van der Waals surface area (Å²) in [6, 6.07) is 0. The molecule has 2 rings (SSSR count). The van der Waals surface area contributed by atoms with Gasteiger partial charge in [0.25, 0.3) is 0 Å². The van der Waals surface area contributed by atoms with Crippen LogP contribution in [0.2, 0.25) is 0 Å². The predicted octanol–water partition coefficient (Wildman–Crippen LogP) is -0.620. The lowest BCUT2D eigenvalue weighted by molar-refractivity contribution is -0.124. The van der Waals surface area contributed by atoms with Gasteiger partial charge in [0, 0.05) is 13.0 Å². The third kappa shape index (κ3) is 2.41. The molecule has 0 spiro atoms. The van der Waals surface area contributed by atoms with Crippen molar-refractivity contribution >= 4 is 11.7 Å². The summed E-state index contributed by atoms with van der Waals surface area (Å²) in [5.74, 6) is 0.618. The SMILES string of the molecule is NC(=NO)C1(C(=O)NCCCc2ncn[nH]2)CC1. The largest absolute Gasteiger partial charge is 0.409 e. The quantitative estimate of drug-likeness (QED) is 0.176. The number of nitrogens with one attached hydrogen (secondary N) is 2. The highest BCUT2D eigenvalue weighted by molar-refractivity contribution is 6.09. The molecule has 0 radical (unpaired) electrons. The topological polar surface area (TPSA) is 129 Å². The molecule has 1 heterocycles. The minimum absolute atomic E-state index is 0.00441. The number of hydrogen-bond acceptors (Lipinski definition) is 5. The van der Waals surface area contributed by atoms with E-state index in [9.17, 15) is 4.79 Å². The standard InChI is InChI=1S/C10H16N6O2/c11-8(16-18)10(3-4-10)9(17)12-5-1-2-7-13-6-14-15-7/h6,18H,1-5H2,(H2,11,16)(H,12,17)(H,13,14,15). The van der Waals surface area contributed by atoms with Gasteiger partial charge in [-0.1, -0.05) is 5.16 Å². The number of carbonyl (C=O) groups excluding carboxylic acids is 1. The molecule has 0 saturated heterocycles. The smallest absolute Gasteiger partial charge is 0.233 e. The second-order valence-electron chi connectivity index (χ2n) is 4.36. The normalized spacial score (nSPS) is 17.4. The van der Waals surface area contributed by atoms with Gasteiger partial charge in [-0.25, -0.2) is 4.98 Å². The lowest BCUT2D eigenvalue weighted by Gasteiger charge is -2.13. The van der Waals surface area contributed by atoms with Crippen LogP contribution in [0.5, 0.6) is 0 Å². The van der Waals surface area contributed by atoms with Crippen molar-refractivity contribution < 1.29 is 10.0 Å². The van der Waals surface area contributed by atoms with Crippen molar-refractivity contribution in [3.05, 3.63) is 12.2 Å². The van der Waals surface area contributed by atoms with Crippen molar-refractivity contribution in [3.63, 3.8) is 0 Å². The molecule has 1 aromatic rings. The van der Waals surface area contributed by atoms with E-state index in [1.807, 2.05) is 0 Å². The zero-order chi connectivity index (χ0) is 13.0. The summed E-state index contributed by atoms with van der Waals surface area (Å²) in [4.78, 5) is 15.9. The van der Waals surface area contributed by atoms with Crippen LogP contribution in [0.1, 0.15) is 25.1 Å². The molecule has 0 aromatic carbocycles. The molecule has 1 fully saturated rings. The Labute approximate surface area is 104 Å². The number of aromatic nitrogens is 3. The number of amidine groups is 1. The Morgan fingerprint density at radius 3 is 3.00 bits per heavy atom. The molecular formula is C10H16N6O2. The number of carbonyl (C=O) groups is 1. The van der Waals surface area contributed by atoms with Crippen LogP contribution in [-0.4, -0.2) is 38.7 Å². The first-order chi connectivity index (χ1) is 8.69. The molecule has 0 unspecified atom stereocenters. The van der Waals surface area contributed by atoms with Gasteiger partial charge in [-0.2, -0.15) is 5.10 Å². The van der Waals surface area contributed by atoms with Gasteiger partial charge in [-0.15, -0.1) is 0 Å². The minimum Gasteiger partial charge on any atom is -0.409 e. The van der Waals surface area contributed by atoms with Crippen LogP contribution >= 0.6 is 0 Å². The van der Waals surface area contributed by atoms with Crippen molar-refractivity contribution in [2.75, 3.05) is 6.54 Å². The molecule has 5 N–H and O–H groups in total. The molecule has 1 amide bonds. The summed E-state index contributed by atoms with van der Waals surface area (Å²) in [6.07, 6.45) is 4.20. The van der Waals surface area contributed by atoms with Gasteiger partial charge in [-0.3, -0.25) is 9.89 Å². The molecule has 1 aliphatic carbocycles. The van der Waals surface area contributed by atoms with E-state index < -0.39 is 5.41 Å². The fraction of sp³-hybridized carbons (Fsp3) is 0.600. The summed E-state index contributed by atoms with van der Waals surface area (Å²) in [7, 11) is 0. The van der Waals surface area contributed by atoms with Gasteiger partial charge < -0.3 is 16.3 Å². The highest BCUT2D eigenvalue weighted by Gasteiger charge is 2.53. The molecule has 1 aromatic heterocycles. The van der Waals surface area contributed by atoms with E-state index >= 15 is 0 Å². The summed E-state index contributed by atoms with van der Waals surface area (Å²) < 4.78 is 0. The summed E-state index contributed by atoms with van der Waals surface area (Å²) in [6.45, 7) is 0.528. The molecule has 1 saturated carbocycles. The molecule has 18 heavy (non-hydrogen) atoms. The van der Waals surface area contributed by atoms with Crippen molar-refractivity contribution in [2.24, 2.45) is 16.3 Å². The minimum atomic E-state index is -0.777. The van der Waals surface area contributed by atoms with Crippen LogP contribution in [0.3, 0.4) is 0 Å². The number of nitrogens with zero attached hydrogens (tertiary/aromatic N) is 3. The maximum Gasteiger partial charge on any atom is 0.233 e. The van der Waals surface area contributed by atoms with E-state index in [1.165, 1.54) is 6.33 Å². The third-order valence-corrected chi connectivity index (χ3v) is 3.12. The van der Waals surface area contributed by atoms with Gasteiger partial charge >= 0.3 is 0 Å². The molecule has 0 aliphatic heterocycles. The first-order valence-corrected chi connectivity index (χ1v) is 5.79. The number of aromatic amines is 1. The maximum atomic E-state index is 11.9. The Balaban J connectivity index is 1.73. The fourth-order valence-electron chi connectivity index (χ4n) is 1.80. The number of H-pyrrole nitrogens is 1. The van der Waals surface area contributed by atoms with Crippen molar-refractivity contribution in [2.45, 2.75) is 25.7 Å². The van der Waals surface area contributed by atoms with Crippen LogP contribution in [0.4, 0.5) is 0 Å². The van der Waals surface area contributed by atoms with Gasteiger partial charge in [-0.05, 0) is 19.3 Å². The van der Waals surface area contributed by atoms with Gasteiger partial charge in [0.1, 0.15) is 17.6 Å². The second-order valence-corrected chi connectivity index (χ2v) is 4.36. The highest BCUT2D eigenvalue weighted by atomic mass is 16.4. The fourth-order valence-corrected chi connectivity index (χ4v) is 1.80. The third-order valence-electron chi connectivity index (χ3n) is 3.12. The van der Waals surface area contributed by atoms with Crippen molar-refractivity contribution in [1.29, 1.82) is 0 Å². The lowest BCUT2D eigenvalue weighted by Crippen LogP contribution is -2.41. The van der Waals surface area contributed by atoms with Crippen molar-refractivity contribution in [3.8, 4) is 0 Å².